The standard InChI is InChI=1S/C12H22N4S/c1-8(12(2,3)4)14-10-7-9(13-5)15-11(16-10)17-6/h7-8H,1-6H3,(H2,13,14,15,16). The number of nitrogens with one attached hydrogen (secondary N) is 2. The van der Waals surface area contributed by atoms with Gasteiger partial charge in [0.15, 0.2) is 5.16 Å². The van der Waals surface area contributed by atoms with E-state index in [1.54, 1.807) is 11.8 Å². The van der Waals surface area contributed by atoms with Gasteiger partial charge in [0.2, 0.25) is 0 Å². The molecule has 1 atom stereocenters. The Labute approximate surface area is 108 Å². The number of anilines is 2. The third-order valence-corrected chi connectivity index (χ3v) is 3.36. The zero-order valence-corrected chi connectivity index (χ0v) is 12.3. The van der Waals surface area contributed by atoms with Gasteiger partial charge in [-0.3, -0.25) is 0 Å². The Balaban J connectivity index is 2.90. The lowest BCUT2D eigenvalue weighted by Gasteiger charge is -2.28. The maximum atomic E-state index is 4.45. The van der Waals surface area contributed by atoms with Gasteiger partial charge >= 0.3 is 0 Å². The molecule has 1 aromatic heterocycles. The van der Waals surface area contributed by atoms with E-state index in [9.17, 15) is 0 Å². The van der Waals surface area contributed by atoms with Gasteiger partial charge in [-0.25, -0.2) is 9.97 Å². The molecule has 0 aliphatic carbocycles. The second-order valence-electron chi connectivity index (χ2n) is 5.11. The predicted molar refractivity (Wildman–Crippen MR) is 75.9 cm³/mol. The summed E-state index contributed by atoms with van der Waals surface area (Å²) in [6, 6.07) is 2.28. The first-order valence-corrected chi connectivity index (χ1v) is 6.96. The minimum atomic E-state index is 0.199. The molecule has 0 saturated carbocycles. The van der Waals surface area contributed by atoms with E-state index in [1.165, 1.54) is 0 Å². The van der Waals surface area contributed by atoms with Crippen LogP contribution in [0.2, 0.25) is 0 Å². The van der Waals surface area contributed by atoms with E-state index in [-0.39, 0.29) is 5.41 Å². The molecule has 0 spiro atoms. The number of hydrogen-bond donors (Lipinski definition) is 2. The Kier molecular flexibility index (Phi) is 4.62. The molecule has 5 heteroatoms. The minimum Gasteiger partial charge on any atom is -0.373 e. The number of rotatable bonds is 4. The summed E-state index contributed by atoms with van der Waals surface area (Å²) in [6.07, 6.45) is 1.98. The number of hydrogen-bond acceptors (Lipinski definition) is 5. The van der Waals surface area contributed by atoms with Crippen LogP contribution in [0.5, 0.6) is 0 Å². The molecule has 1 rings (SSSR count). The molecular formula is C12H22N4S. The van der Waals surface area contributed by atoms with Gasteiger partial charge in [-0.05, 0) is 18.6 Å². The first-order valence-electron chi connectivity index (χ1n) is 5.74. The van der Waals surface area contributed by atoms with E-state index in [1.807, 2.05) is 19.4 Å². The lowest BCUT2D eigenvalue weighted by molar-refractivity contribution is 0.358. The molecule has 0 fully saturated rings. The van der Waals surface area contributed by atoms with Crippen molar-refractivity contribution < 1.29 is 0 Å². The average molecular weight is 254 g/mol. The van der Waals surface area contributed by atoms with Gasteiger partial charge in [-0.2, -0.15) is 0 Å². The van der Waals surface area contributed by atoms with Crippen LogP contribution in [0.1, 0.15) is 27.7 Å². The monoisotopic (exact) mass is 254 g/mol. The first kappa shape index (κ1) is 14.1. The molecule has 0 radical (unpaired) electrons. The Hall–Kier alpha value is -0.970. The fraction of sp³-hybridized carbons (Fsp3) is 0.667. The second-order valence-corrected chi connectivity index (χ2v) is 5.88. The minimum absolute atomic E-state index is 0.199. The largest absolute Gasteiger partial charge is 0.373 e. The van der Waals surface area contributed by atoms with Crippen LogP contribution in [0, 0.1) is 5.41 Å². The van der Waals surface area contributed by atoms with E-state index in [0.717, 1.165) is 16.8 Å². The van der Waals surface area contributed by atoms with Crippen molar-refractivity contribution in [2.45, 2.75) is 38.9 Å². The summed E-state index contributed by atoms with van der Waals surface area (Å²) >= 11 is 1.54. The highest BCUT2D eigenvalue weighted by Crippen LogP contribution is 2.24. The maximum absolute atomic E-state index is 4.45. The van der Waals surface area contributed by atoms with Gasteiger partial charge in [0.25, 0.3) is 0 Å². The van der Waals surface area contributed by atoms with Crippen LogP contribution < -0.4 is 10.6 Å². The van der Waals surface area contributed by atoms with Crippen LogP contribution in [0.4, 0.5) is 11.6 Å². The Morgan fingerprint density at radius 2 is 1.82 bits per heavy atom. The predicted octanol–water partition coefficient (Wildman–Crippen LogP) is 3.09. The molecular weight excluding hydrogens is 232 g/mol. The lowest BCUT2D eigenvalue weighted by atomic mass is 9.88. The molecule has 0 aromatic carbocycles. The topological polar surface area (TPSA) is 49.8 Å². The van der Waals surface area contributed by atoms with Crippen molar-refractivity contribution in [1.82, 2.24) is 9.97 Å². The molecule has 2 N–H and O–H groups in total. The molecule has 1 aromatic rings. The Morgan fingerprint density at radius 3 is 2.29 bits per heavy atom. The SMILES string of the molecule is CNc1cc(NC(C)C(C)(C)C)nc(SC)n1. The maximum Gasteiger partial charge on any atom is 0.191 e. The van der Waals surface area contributed by atoms with Gasteiger partial charge in [0, 0.05) is 19.2 Å². The van der Waals surface area contributed by atoms with Crippen molar-refractivity contribution in [2.75, 3.05) is 23.9 Å². The van der Waals surface area contributed by atoms with E-state index in [2.05, 4.69) is 48.3 Å². The summed E-state index contributed by atoms with van der Waals surface area (Å²) in [5.74, 6) is 1.71. The lowest BCUT2D eigenvalue weighted by Crippen LogP contribution is -2.31. The molecule has 0 aliphatic heterocycles. The van der Waals surface area contributed by atoms with E-state index >= 15 is 0 Å². The molecule has 0 saturated heterocycles. The Morgan fingerprint density at radius 1 is 1.24 bits per heavy atom. The normalized spacial score (nSPS) is 13.3. The summed E-state index contributed by atoms with van der Waals surface area (Å²) in [5, 5.41) is 7.25. The molecule has 0 aliphatic rings. The molecule has 96 valence electrons. The van der Waals surface area contributed by atoms with Gasteiger partial charge in [0.05, 0.1) is 0 Å². The van der Waals surface area contributed by atoms with Crippen molar-refractivity contribution in [3.63, 3.8) is 0 Å². The van der Waals surface area contributed by atoms with Crippen LogP contribution in [0.3, 0.4) is 0 Å². The molecule has 1 heterocycles. The number of nitrogens with zero attached hydrogens (tertiary/aromatic N) is 2. The average Bonchev–Trinajstić information content (AvgIpc) is 2.27. The summed E-state index contributed by atoms with van der Waals surface area (Å²) in [5.41, 5.74) is 0.199. The Bertz CT molecular complexity index is 351. The van der Waals surface area contributed by atoms with Crippen molar-refractivity contribution in [1.29, 1.82) is 0 Å². The van der Waals surface area contributed by atoms with Gasteiger partial charge < -0.3 is 10.6 Å². The van der Waals surface area contributed by atoms with Crippen LogP contribution in [-0.4, -0.2) is 29.3 Å². The van der Waals surface area contributed by atoms with Gasteiger partial charge in [0.1, 0.15) is 11.6 Å². The summed E-state index contributed by atoms with van der Waals surface area (Å²) in [6.45, 7) is 8.79. The highest BCUT2D eigenvalue weighted by molar-refractivity contribution is 7.98. The molecule has 1 unspecified atom stereocenters. The zero-order valence-electron chi connectivity index (χ0n) is 11.5. The van der Waals surface area contributed by atoms with Crippen LogP contribution in [0.15, 0.2) is 11.2 Å². The highest BCUT2D eigenvalue weighted by atomic mass is 32.2. The van der Waals surface area contributed by atoms with Crippen molar-refractivity contribution in [2.24, 2.45) is 5.41 Å². The third-order valence-electron chi connectivity index (χ3n) is 2.81. The highest BCUT2D eigenvalue weighted by Gasteiger charge is 2.20. The third kappa shape index (κ3) is 4.07. The van der Waals surface area contributed by atoms with Crippen molar-refractivity contribution in [3.8, 4) is 0 Å². The summed E-state index contributed by atoms with van der Waals surface area (Å²) in [4.78, 5) is 8.79. The van der Waals surface area contributed by atoms with Crippen molar-refractivity contribution >= 4 is 23.4 Å². The van der Waals surface area contributed by atoms with Crippen LogP contribution in [-0.2, 0) is 0 Å². The van der Waals surface area contributed by atoms with E-state index in [4.69, 9.17) is 0 Å². The molecule has 0 amide bonds. The first-order chi connectivity index (χ1) is 7.86. The van der Waals surface area contributed by atoms with E-state index in [0.29, 0.717) is 6.04 Å². The van der Waals surface area contributed by atoms with Crippen molar-refractivity contribution in [3.05, 3.63) is 6.07 Å². The van der Waals surface area contributed by atoms with Gasteiger partial charge in [-0.15, -0.1) is 0 Å². The molecule has 0 bridgehead atoms. The molecule has 17 heavy (non-hydrogen) atoms. The summed E-state index contributed by atoms with van der Waals surface area (Å²) in [7, 11) is 1.86. The number of aromatic nitrogens is 2. The van der Waals surface area contributed by atoms with Gasteiger partial charge in [-0.1, -0.05) is 32.5 Å². The van der Waals surface area contributed by atoms with E-state index < -0.39 is 0 Å². The second kappa shape index (κ2) is 5.58. The van der Waals surface area contributed by atoms with Crippen LogP contribution >= 0.6 is 11.8 Å². The quantitative estimate of drug-likeness (QED) is 0.639. The molecule has 4 nitrogen and oxygen atoms in total. The fourth-order valence-corrected chi connectivity index (χ4v) is 1.54. The zero-order chi connectivity index (χ0) is 13.1. The van der Waals surface area contributed by atoms with Crippen LogP contribution in [0.25, 0.3) is 0 Å². The smallest absolute Gasteiger partial charge is 0.191 e. The number of thioether (sulfide) groups is 1. The summed E-state index contributed by atoms with van der Waals surface area (Å²) < 4.78 is 0. The fourth-order valence-electron chi connectivity index (χ4n) is 1.16.